The normalized spacial score (nSPS) is 12.7. The van der Waals surface area contributed by atoms with E-state index in [0.717, 1.165) is 11.9 Å². The zero-order valence-corrected chi connectivity index (χ0v) is 11.7. The fraction of sp³-hybridized carbons (Fsp3) is 0.250. The highest BCUT2D eigenvalue weighted by Gasteiger charge is 2.16. The van der Waals surface area contributed by atoms with E-state index in [9.17, 15) is 0 Å². The van der Waals surface area contributed by atoms with Crippen molar-refractivity contribution in [1.82, 2.24) is 19.9 Å². The van der Waals surface area contributed by atoms with Crippen LogP contribution in [-0.4, -0.2) is 21.6 Å². The standard InChI is InChI=1S/C16H18N4/c1-12-5-3-4-6-13(12)9-15(17-2)14-10-19-20-8-7-18-11-16(14)20/h3-8,10-11,15,17H,9H2,1-2H3. The second-order valence-corrected chi connectivity index (χ2v) is 4.98. The molecule has 0 aliphatic carbocycles. The van der Waals surface area contributed by atoms with E-state index < -0.39 is 0 Å². The molecule has 3 rings (SSSR count). The Bertz CT molecular complexity index is 717. The number of aromatic nitrogens is 3. The molecule has 0 spiro atoms. The largest absolute Gasteiger partial charge is 0.313 e. The van der Waals surface area contributed by atoms with Gasteiger partial charge in [-0.15, -0.1) is 0 Å². The third-order valence-electron chi connectivity index (χ3n) is 3.76. The Labute approximate surface area is 118 Å². The Kier molecular flexibility index (Phi) is 3.48. The maximum absolute atomic E-state index is 4.39. The second kappa shape index (κ2) is 5.43. The van der Waals surface area contributed by atoms with Crippen LogP contribution in [0.25, 0.3) is 5.52 Å². The van der Waals surface area contributed by atoms with Crippen LogP contribution in [0.2, 0.25) is 0 Å². The first-order valence-electron chi connectivity index (χ1n) is 6.78. The van der Waals surface area contributed by atoms with Crippen LogP contribution in [0.4, 0.5) is 0 Å². The van der Waals surface area contributed by atoms with Crippen LogP contribution in [0.1, 0.15) is 22.7 Å². The SMILES string of the molecule is CNC(Cc1ccccc1C)c1cnn2ccncc12. The molecular weight excluding hydrogens is 248 g/mol. The van der Waals surface area contributed by atoms with Gasteiger partial charge in [-0.1, -0.05) is 24.3 Å². The van der Waals surface area contributed by atoms with E-state index in [4.69, 9.17) is 0 Å². The van der Waals surface area contributed by atoms with E-state index >= 15 is 0 Å². The number of likely N-dealkylation sites (N-methyl/N-ethyl adjacent to an activating group) is 1. The zero-order chi connectivity index (χ0) is 13.9. The van der Waals surface area contributed by atoms with Gasteiger partial charge in [-0.25, -0.2) is 4.52 Å². The molecule has 0 amide bonds. The number of aryl methyl sites for hydroxylation is 1. The first-order valence-corrected chi connectivity index (χ1v) is 6.78. The maximum Gasteiger partial charge on any atom is 0.0892 e. The summed E-state index contributed by atoms with van der Waals surface area (Å²) in [5.74, 6) is 0. The molecule has 0 bridgehead atoms. The van der Waals surface area contributed by atoms with Gasteiger partial charge >= 0.3 is 0 Å². The van der Waals surface area contributed by atoms with Crippen molar-refractivity contribution in [3.05, 3.63) is 65.7 Å². The number of fused-ring (bicyclic) bond motifs is 1. The van der Waals surface area contributed by atoms with E-state index in [1.54, 1.807) is 6.20 Å². The number of hydrogen-bond donors (Lipinski definition) is 1. The van der Waals surface area contributed by atoms with Crippen LogP contribution >= 0.6 is 0 Å². The Morgan fingerprint density at radius 3 is 2.90 bits per heavy atom. The first-order chi connectivity index (χ1) is 9.79. The minimum absolute atomic E-state index is 0.234. The first kappa shape index (κ1) is 12.8. The molecular formula is C16H18N4. The summed E-state index contributed by atoms with van der Waals surface area (Å²) < 4.78 is 1.87. The smallest absolute Gasteiger partial charge is 0.0892 e. The molecule has 1 aromatic carbocycles. The Morgan fingerprint density at radius 2 is 2.10 bits per heavy atom. The van der Waals surface area contributed by atoms with E-state index in [-0.39, 0.29) is 6.04 Å². The average molecular weight is 266 g/mol. The molecule has 0 aliphatic rings. The van der Waals surface area contributed by atoms with Gasteiger partial charge < -0.3 is 5.32 Å². The molecule has 1 N–H and O–H groups in total. The molecule has 2 aromatic heterocycles. The molecule has 0 saturated heterocycles. The van der Waals surface area contributed by atoms with E-state index in [1.165, 1.54) is 16.7 Å². The summed E-state index contributed by atoms with van der Waals surface area (Å²) in [6.07, 6.45) is 8.36. The molecule has 1 unspecified atom stereocenters. The summed E-state index contributed by atoms with van der Waals surface area (Å²) in [6, 6.07) is 8.74. The minimum Gasteiger partial charge on any atom is -0.313 e. The number of hydrogen-bond acceptors (Lipinski definition) is 3. The van der Waals surface area contributed by atoms with Crippen molar-refractivity contribution in [1.29, 1.82) is 0 Å². The zero-order valence-electron chi connectivity index (χ0n) is 11.7. The summed E-state index contributed by atoms with van der Waals surface area (Å²) in [5.41, 5.74) is 4.92. The van der Waals surface area contributed by atoms with Crippen molar-refractivity contribution >= 4 is 5.52 Å². The third kappa shape index (κ3) is 2.30. The predicted octanol–water partition coefficient (Wildman–Crippen LogP) is 2.54. The van der Waals surface area contributed by atoms with Crippen molar-refractivity contribution in [2.45, 2.75) is 19.4 Å². The van der Waals surface area contributed by atoms with E-state index in [1.807, 2.05) is 30.2 Å². The van der Waals surface area contributed by atoms with Gasteiger partial charge in [-0.2, -0.15) is 5.10 Å². The fourth-order valence-corrected chi connectivity index (χ4v) is 2.55. The summed E-state index contributed by atoms with van der Waals surface area (Å²) in [7, 11) is 1.99. The fourth-order valence-electron chi connectivity index (χ4n) is 2.55. The van der Waals surface area contributed by atoms with Crippen molar-refractivity contribution in [3.8, 4) is 0 Å². The lowest BCUT2D eigenvalue weighted by Gasteiger charge is -2.16. The topological polar surface area (TPSA) is 42.2 Å². The molecule has 4 heteroatoms. The van der Waals surface area contributed by atoms with Gasteiger partial charge in [0.15, 0.2) is 0 Å². The van der Waals surface area contributed by atoms with Gasteiger partial charge in [-0.05, 0) is 31.5 Å². The second-order valence-electron chi connectivity index (χ2n) is 4.98. The van der Waals surface area contributed by atoms with Gasteiger partial charge in [0.2, 0.25) is 0 Å². The molecule has 20 heavy (non-hydrogen) atoms. The molecule has 0 aliphatic heterocycles. The Morgan fingerprint density at radius 1 is 1.25 bits per heavy atom. The number of nitrogens with one attached hydrogen (secondary N) is 1. The van der Waals surface area contributed by atoms with Crippen LogP contribution in [0.3, 0.4) is 0 Å². The van der Waals surface area contributed by atoms with Crippen molar-refractivity contribution in [2.75, 3.05) is 7.05 Å². The minimum atomic E-state index is 0.234. The lowest BCUT2D eigenvalue weighted by Crippen LogP contribution is -2.19. The van der Waals surface area contributed by atoms with Gasteiger partial charge in [-0.3, -0.25) is 4.98 Å². The van der Waals surface area contributed by atoms with Gasteiger partial charge in [0.25, 0.3) is 0 Å². The maximum atomic E-state index is 4.39. The molecule has 0 saturated carbocycles. The van der Waals surface area contributed by atoms with E-state index in [0.29, 0.717) is 0 Å². The van der Waals surface area contributed by atoms with Crippen LogP contribution in [0, 0.1) is 6.92 Å². The molecule has 0 fully saturated rings. The van der Waals surface area contributed by atoms with Crippen molar-refractivity contribution in [3.63, 3.8) is 0 Å². The molecule has 0 radical (unpaired) electrons. The molecule has 102 valence electrons. The van der Waals surface area contributed by atoms with Crippen LogP contribution in [0.15, 0.2) is 49.1 Å². The highest BCUT2D eigenvalue weighted by atomic mass is 15.2. The average Bonchev–Trinajstić information content (AvgIpc) is 2.90. The highest BCUT2D eigenvalue weighted by Crippen LogP contribution is 2.23. The van der Waals surface area contributed by atoms with E-state index in [2.05, 4.69) is 46.6 Å². The number of rotatable bonds is 4. The molecule has 1 atom stereocenters. The Balaban J connectivity index is 1.96. The summed E-state index contributed by atoms with van der Waals surface area (Å²) in [6.45, 7) is 2.15. The summed E-state index contributed by atoms with van der Waals surface area (Å²) >= 11 is 0. The van der Waals surface area contributed by atoms with Crippen molar-refractivity contribution < 1.29 is 0 Å². The lowest BCUT2D eigenvalue weighted by molar-refractivity contribution is 0.594. The van der Waals surface area contributed by atoms with Gasteiger partial charge in [0.05, 0.1) is 17.9 Å². The monoisotopic (exact) mass is 266 g/mol. The summed E-state index contributed by atoms with van der Waals surface area (Å²) in [5, 5.41) is 7.78. The quantitative estimate of drug-likeness (QED) is 0.789. The van der Waals surface area contributed by atoms with Crippen molar-refractivity contribution in [2.24, 2.45) is 0 Å². The summed E-state index contributed by atoms with van der Waals surface area (Å²) in [4.78, 5) is 4.20. The van der Waals surface area contributed by atoms with Crippen LogP contribution in [0.5, 0.6) is 0 Å². The predicted molar refractivity (Wildman–Crippen MR) is 79.7 cm³/mol. The van der Waals surface area contributed by atoms with Gasteiger partial charge in [0, 0.05) is 24.0 Å². The lowest BCUT2D eigenvalue weighted by atomic mass is 9.97. The van der Waals surface area contributed by atoms with Crippen LogP contribution in [-0.2, 0) is 6.42 Å². The molecule has 4 nitrogen and oxygen atoms in total. The molecule has 2 heterocycles. The number of benzene rings is 1. The number of nitrogens with zero attached hydrogens (tertiary/aromatic N) is 3. The Hall–Kier alpha value is -2.20. The third-order valence-corrected chi connectivity index (χ3v) is 3.76. The molecule has 3 aromatic rings. The highest BCUT2D eigenvalue weighted by molar-refractivity contribution is 5.53. The van der Waals surface area contributed by atoms with Gasteiger partial charge in [0.1, 0.15) is 0 Å². The van der Waals surface area contributed by atoms with Crippen LogP contribution < -0.4 is 5.32 Å².